The molecule has 0 amide bonds. The van der Waals surface area contributed by atoms with E-state index in [2.05, 4.69) is 15.5 Å². The Kier molecular flexibility index (Phi) is 6.00. The van der Waals surface area contributed by atoms with Gasteiger partial charge in [-0.05, 0) is 30.3 Å². The number of furan rings is 1. The van der Waals surface area contributed by atoms with Gasteiger partial charge in [0.25, 0.3) is 0 Å². The molecule has 0 aliphatic rings. The second kappa shape index (κ2) is 8.44. The molecule has 3 rings (SSSR count). The van der Waals surface area contributed by atoms with E-state index in [1.54, 1.807) is 32.0 Å². The fourth-order valence-corrected chi connectivity index (χ4v) is 4.19. The minimum absolute atomic E-state index is 0.182. The van der Waals surface area contributed by atoms with E-state index in [1.807, 2.05) is 0 Å². The SMILES string of the molecule is CCN(CC)S(=O)(=O)c1ccc(OC)c(NCc2nc(-c3ccco3)no2)c1. The van der Waals surface area contributed by atoms with Gasteiger partial charge in [-0.3, -0.25) is 0 Å². The Bertz CT molecular complexity index is 1010. The van der Waals surface area contributed by atoms with E-state index in [-0.39, 0.29) is 11.4 Å². The van der Waals surface area contributed by atoms with Crippen molar-refractivity contribution in [2.45, 2.75) is 25.3 Å². The second-order valence-electron chi connectivity index (χ2n) is 5.79. The maximum Gasteiger partial charge on any atom is 0.246 e. The van der Waals surface area contributed by atoms with Crippen molar-refractivity contribution in [1.82, 2.24) is 14.4 Å². The lowest BCUT2D eigenvalue weighted by Gasteiger charge is -2.19. The van der Waals surface area contributed by atoms with Crippen molar-refractivity contribution in [3.63, 3.8) is 0 Å². The van der Waals surface area contributed by atoms with E-state index in [4.69, 9.17) is 13.7 Å². The molecule has 0 fully saturated rings. The molecule has 2 aromatic heterocycles. The molecule has 3 aromatic rings. The third kappa shape index (κ3) is 4.02. The molecule has 0 radical (unpaired) electrons. The topological polar surface area (TPSA) is 111 Å². The van der Waals surface area contributed by atoms with E-state index in [0.717, 1.165) is 0 Å². The van der Waals surface area contributed by atoms with E-state index < -0.39 is 10.0 Å². The van der Waals surface area contributed by atoms with Gasteiger partial charge in [0.2, 0.25) is 21.7 Å². The molecular weight excluding hydrogens is 384 g/mol. The van der Waals surface area contributed by atoms with Crippen LogP contribution in [0.5, 0.6) is 5.75 Å². The number of benzene rings is 1. The van der Waals surface area contributed by atoms with Crippen molar-refractivity contribution >= 4 is 15.7 Å². The van der Waals surface area contributed by atoms with Crippen LogP contribution >= 0.6 is 0 Å². The molecule has 0 saturated heterocycles. The zero-order valence-electron chi connectivity index (χ0n) is 15.9. The zero-order chi connectivity index (χ0) is 20.1. The number of anilines is 1. The summed E-state index contributed by atoms with van der Waals surface area (Å²) in [7, 11) is -2.07. The molecule has 0 atom stereocenters. The predicted molar refractivity (Wildman–Crippen MR) is 102 cm³/mol. The molecule has 1 N–H and O–H groups in total. The Balaban J connectivity index is 1.81. The van der Waals surface area contributed by atoms with Crippen molar-refractivity contribution < 1.29 is 22.1 Å². The highest BCUT2D eigenvalue weighted by Crippen LogP contribution is 2.29. The number of hydrogen-bond donors (Lipinski definition) is 1. The molecule has 9 nitrogen and oxygen atoms in total. The molecule has 28 heavy (non-hydrogen) atoms. The number of nitrogens with one attached hydrogen (secondary N) is 1. The van der Waals surface area contributed by atoms with E-state index >= 15 is 0 Å². The van der Waals surface area contributed by atoms with Crippen LogP contribution in [0.15, 0.2) is 50.4 Å². The molecule has 0 bridgehead atoms. The molecule has 0 spiro atoms. The van der Waals surface area contributed by atoms with Crippen molar-refractivity contribution in [3.05, 3.63) is 42.5 Å². The summed E-state index contributed by atoms with van der Waals surface area (Å²) in [6, 6.07) is 8.14. The first-order valence-corrected chi connectivity index (χ1v) is 10.2. The summed E-state index contributed by atoms with van der Waals surface area (Å²) in [4.78, 5) is 4.43. The van der Waals surface area contributed by atoms with Crippen LogP contribution < -0.4 is 10.1 Å². The lowest BCUT2D eigenvalue weighted by Crippen LogP contribution is -2.30. The summed E-state index contributed by atoms with van der Waals surface area (Å²) in [5.74, 6) is 1.67. The highest BCUT2D eigenvalue weighted by molar-refractivity contribution is 7.89. The summed E-state index contributed by atoms with van der Waals surface area (Å²) in [5.41, 5.74) is 0.508. The fourth-order valence-electron chi connectivity index (χ4n) is 2.70. The van der Waals surface area contributed by atoms with Crippen LogP contribution in [-0.2, 0) is 16.6 Å². The lowest BCUT2D eigenvalue weighted by atomic mass is 10.3. The first-order valence-electron chi connectivity index (χ1n) is 8.78. The van der Waals surface area contributed by atoms with Gasteiger partial charge in [-0.2, -0.15) is 9.29 Å². The average molecular weight is 406 g/mol. The smallest absolute Gasteiger partial charge is 0.246 e. The highest BCUT2D eigenvalue weighted by Gasteiger charge is 2.23. The van der Waals surface area contributed by atoms with Gasteiger partial charge in [-0.25, -0.2) is 8.42 Å². The Hall–Kier alpha value is -2.85. The Morgan fingerprint density at radius 1 is 1.21 bits per heavy atom. The molecule has 0 aliphatic carbocycles. The lowest BCUT2D eigenvalue weighted by molar-refractivity contribution is 0.382. The van der Waals surface area contributed by atoms with Crippen molar-refractivity contribution in [2.24, 2.45) is 0 Å². The van der Waals surface area contributed by atoms with Crippen LogP contribution in [0.2, 0.25) is 0 Å². The Labute approximate surface area is 163 Å². The first-order chi connectivity index (χ1) is 13.5. The molecule has 10 heteroatoms. The summed E-state index contributed by atoms with van der Waals surface area (Å²) in [5, 5.41) is 6.95. The van der Waals surface area contributed by atoms with Crippen LogP contribution in [-0.4, -0.2) is 43.1 Å². The molecule has 150 valence electrons. The minimum Gasteiger partial charge on any atom is -0.495 e. The van der Waals surface area contributed by atoms with Crippen LogP contribution in [0, 0.1) is 0 Å². The summed E-state index contributed by atoms with van der Waals surface area (Å²) >= 11 is 0. The van der Waals surface area contributed by atoms with Gasteiger partial charge in [0.05, 0.1) is 30.5 Å². The van der Waals surface area contributed by atoms with Gasteiger partial charge < -0.3 is 19.0 Å². The largest absolute Gasteiger partial charge is 0.495 e. The summed E-state index contributed by atoms with van der Waals surface area (Å²) < 4.78 is 42.7. The number of sulfonamides is 1. The van der Waals surface area contributed by atoms with E-state index in [0.29, 0.717) is 42.0 Å². The van der Waals surface area contributed by atoms with Gasteiger partial charge in [-0.1, -0.05) is 19.0 Å². The van der Waals surface area contributed by atoms with Gasteiger partial charge in [-0.15, -0.1) is 0 Å². The van der Waals surface area contributed by atoms with Gasteiger partial charge >= 0.3 is 0 Å². The minimum atomic E-state index is -3.58. The predicted octanol–water partition coefficient (Wildman–Crippen LogP) is 2.98. The zero-order valence-corrected chi connectivity index (χ0v) is 16.7. The summed E-state index contributed by atoms with van der Waals surface area (Å²) in [6.07, 6.45) is 1.52. The highest BCUT2D eigenvalue weighted by atomic mass is 32.2. The van der Waals surface area contributed by atoms with Gasteiger partial charge in [0, 0.05) is 13.1 Å². The fraction of sp³-hybridized carbons (Fsp3) is 0.333. The second-order valence-corrected chi connectivity index (χ2v) is 7.73. The number of methoxy groups -OCH3 is 1. The van der Waals surface area contributed by atoms with E-state index in [1.165, 1.54) is 29.8 Å². The summed E-state index contributed by atoms with van der Waals surface area (Å²) in [6.45, 7) is 4.58. The normalized spacial score (nSPS) is 11.7. The molecule has 1 aromatic carbocycles. The van der Waals surface area contributed by atoms with Crippen molar-refractivity contribution in [1.29, 1.82) is 0 Å². The third-order valence-corrected chi connectivity index (χ3v) is 6.20. The van der Waals surface area contributed by atoms with Crippen LogP contribution in [0.4, 0.5) is 5.69 Å². The number of ether oxygens (including phenoxy) is 1. The van der Waals surface area contributed by atoms with Gasteiger partial charge in [0.1, 0.15) is 5.75 Å². The number of nitrogens with zero attached hydrogens (tertiary/aromatic N) is 3. The number of aromatic nitrogens is 2. The maximum absolute atomic E-state index is 12.8. The van der Waals surface area contributed by atoms with Crippen LogP contribution in [0.3, 0.4) is 0 Å². The molecule has 0 unspecified atom stereocenters. The van der Waals surface area contributed by atoms with Crippen LogP contribution in [0.1, 0.15) is 19.7 Å². The first kappa shape index (κ1) is 19.9. The Morgan fingerprint density at radius 2 is 2.00 bits per heavy atom. The quantitative estimate of drug-likeness (QED) is 0.577. The van der Waals surface area contributed by atoms with Crippen molar-refractivity contribution in [3.8, 4) is 17.3 Å². The number of rotatable bonds is 9. The monoisotopic (exact) mass is 406 g/mol. The van der Waals surface area contributed by atoms with Crippen molar-refractivity contribution in [2.75, 3.05) is 25.5 Å². The molecule has 0 aliphatic heterocycles. The average Bonchev–Trinajstić information content (AvgIpc) is 3.38. The molecular formula is C18H22N4O5S. The standard InChI is InChI=1S/C18H22N4O5S/c1-4-22(5-2)28(23,24)13-8-9-15(25-3)14(11-13)19-12-17-20-18(21-27-17)16-7-6-10-26-16/h6-11,19H,4-5,12H2,1-3H3. The Morgan fingerprint density at radius 3 is 2.64 bits per heavy atom. The van der Waals surface area contributed by atoms with E-state index in [9.17, 15) is 8.42 Å². The number of hydrogen-bond acceptors (Lipinski definition) is 8. The maximum atomic E-state index is 12.8. The van der Waals surface area contributed by atoms with Gasteiger partial charge in [0.15, 0.2) is 5.76 Å². The third-order valence-electron chi connectivity index (χ3n) is 4.15. The van der Waals surface area contributed by atoms with Crippen LogP contribution in [0.25, 0.3) is 11.6 Å². The molecule has 0 saturated carbocycles. The molecule has 2 heterocycles.